The van der Waals surface area contributed by atoms with Crippen molar-refractivity contribution >= 4 is 46.0 Å². The molecule has 2 amide bonds. The van der Waals surface area contributed by atoms with Gasteiger partial charge in [-0.3, -0.25) is 9.59 Å². The summed E-state index contributed by atoms with van der Waals surface area (Å²) in [6, 6.07) is 8.70. The maximum absolute atomic E-state index is 13.2. The fourth-order valence-electron chi connectivity index (χ4n) is 3.42. The lowest BCUT2D eigenvalue weighted by atomic mass is 10.2. The number of hydrogen-bond acceptors (Lipinski definition) is 5. The Kier molecular flexibility index (Phi) is 4.46. The number of ether oxygens (including phenoxy) is 1. The normalized spacial score (nSPS) is 17.6. The second kappa shape index (κ2) is 6.78. The first-order valence-corrected chi connectivity index (χ1v) is 9.63. The summed E-state index contributed by atoms with van der Waals surface area (Å²) in [5, 5.41) is 2.27. The highest BCUT2D eigenvalue weighted by Crippen LogP contribution is 2.39. The molecule has 0 radical (unpaired) electrons. The zero-order chi connectivity index (χ0) is 18.3. The Morgan fingerprint density at radius 1 is 1.12 bits per heavy atom. The van der Waals surface area contributed by atoms with Gasteiger partial charge in [-0.15, -0.1) is 11.3 Å². The molecule has 0 atom stereocenters. The summed E-state index contributed by atoms with van der Waals surface area (Å²) < 4.78 is 5.16. The number of rotatable bonds is 4. The Morgan fingerprint density at radius 3 is 2.50 bits per heavy atom. The van der Waals surface area contributed by atoms with Gasteiger partial charge in [-0.05, 0) is 42.5 Å². The van der Waals surface area contributed by atoms with Gasteiger partial charge in [0.2, 0.25) is 0 Å². The molecule has 1 fully saturated rings. The zero-order valence-corrected chi connectivity index (χ0v) is 15.8. The Bertz CT molecular complexity index is 902. The number of imide groups is 1. The van der Waals surface area contributed by atoms with E-state index >= 15 is 0 Å². The highest BCUT2D eigenvalue weighted by Gasteiger charge is 2.43. The fourth-order valence-corrected chi connectivity index (χ4v) is 4.44. The number of hydrogen-bond donors (Lipinski definition) is 0. The van der Waals surface area contributed by atoms with Gasteiger partial charge in [-0.25, -0.2) is 4.90 Å². The van der Waals surface area contributed by atoms with E-state index in [1.54, 1.807) is 18.2 Å². The molecule has 0 saturated carbocycles. The number of carbonyl (C=O) groups is 2. The first kappa shape index (κ1) is 17.1. The Labute approximate surface area is 160 Å². The largest absolute Gasteiger partial charge is 0.495 e. The first-order chi connectivity index (χ1) is 12.6. The minimum atomic E-state index is -0.305. The molecule has 2 aliphatic heterocycles. The maximum atomic E-state index is 13.2. The molecule has 2 aromatic rings. The number of amides is 2. The predicted molar refractivity (Wildman–Crippen MR) is 103 cm³/mol. The van der Waals surface area contributed by atoms with Crippen LogP contribution in [0, 0.1) is 0 Å². The van der Waals surface area contributed by atoms with Gasteiger partial charge >= 0.3 is 0 Å². The lowest BCUT2D eigenvalue weighted by Gasteiger charge is -2.20. The number of likely N-dealkylation sites (tertiary alicyclic amines) is 1. The van der Waals surface area contributed by atoms with E-state index in [1.165, 1.54) is 23.3 Å². The van der Waals surface area contributed by atoms with Crippen LogP contribution in [-0.2, 0) is 9.59 Å². The number of methoxy groups -OCH3 is 1. The van der Waals surface area contributed by atoms with E-state index in [0.717, 1.165) is 30.8 Å². The third kappa shape index (κ3) is 2.70. The number of halogens is 1. The molecule has 3 heterocycles. The van der Waals surface area contributed by atoms with Crippen molar-refractivity contribution in [3.8, 4) is 5.75 Å². The van der Waals surface area contributed by atoms with Gasteiger partial charge in [0.25, 0.3) is 11.8 Å². The van der Waals surface area contributed by atoms with Crippen molar-refractivity contribution in [2.75, 3.05) is 25.1 Å². The van der Waals surface area contributed by atoms with Gasteiger partial charge in [0.15, 0.2) is 0 Å². The molecular formula is C19H17ClN2O3S. The summed E-state index contributed by atoms with van der Waals surface area (Å²) in [6.45, 7) is 1.58. The molecule has 7 heteroatoms. The summed E-state index contributed by atoms with van der Waals surface area (Å²) in [7, 11) is 1.52. The maximum Gasteiger partial charge on any atom is 0.282 e. The van der Waals surface area contributed by atoms with Crippen molar-refractivity contribution < 1.29 is 14.3 Å². The van der Waals surface area contributed by atoms with E-state index in [1.807, 2.05) is 22.4 Å². The molecule has 134 valence electrons. The molecule has 0 aliphatic carbocycles. The van der Waals surface area contributed by atoms with Crippen molar-refractivity contribution in [3.63, 3.8) is 0 Å². The molecule has 1 saturated heterocycles. The van der Waals surface area contributed by atoms with Crippen LogP contribution in [0.1, 0.15) is 17.7 Å². The van der Waals surface area contributed by atoms with E-state index < -0.39 is 0 Å². The molecule has 5 nitrogen and oxygen atoms in total. The third-order valence-corrected chi connectivity index (χ3v) is 5.83. The lowest BCUT2D eigenvalue weighted by Crippen LogP contribution is -2.34. The molecule has 1 aromatic heterocycles. The lowest BCUT2D eigenvalue weighted by molar-refractivity contribution is -0.120. The van der Waals surface area contributed by atoms with Crippen LogP contribution in [-0.4, -0.2) is 36.9 Å². The number of nitrogens with zero attached hydrogens (tertiary/aromatic N) is 2. The second-order valence-electron chi connectivity index (χ2n) is 6.16. The minimum Gasteiger partial charge on any atom is -0.495 e. The number of anilines is 1. The summed E-state index contributed by atoms with van der Waals surface area (Å²) in [4.78, 5) is 30.5. The van der Waals surface area contributed by atoms with Gasteiger partial charge in [0, 0.05) is 18.0 Å². The molecule has 0 N–H and O–H groups in total. The van der Waals surface area contributed by atoms with Crippen LogP contribution in [0.15, 0.2) is 41.4 Å². The fraction of sp³-hybridized carbons (Fsp3) is 0.263. The van der Waals surface area contributed by atoms with E-state index in [2.05, 4.69) is 0 Å². The van der Waals surface area contributed by atoms with Crippen LogP contribution in [0.5, 0.6) is 5.75 Å². The summed E-state index contributed by atoms with van der Waals surface area (Å²) in [6.07, 6.45) is 2.05. The summed E-state index contributed by atoms with van der Waals surface area (Å²) in [5.41, 5.74) is 1.44. The molecule has 2 aliphatic rings. The standard InChI is InChI=1S/C19H17ClN2O3S/c1-25-14-7-6-12(11-13(14)20)22-18(23)16(15-5-4-10-26-15)17(19(22)24)21-8-2-3-9-21/h4-7,10-11H,2-3,8-9H2,1H3. The van der Waals surface area contributed by atoms with Crippen molar-refractivity contribution in [1.29, 1.82) is 0 Å². The third-order valence-electron chi connectivity index (χ3n) is 4.64. The van der Waals surface area contributed by atoms with Crippen LogP contribution in [0.4, 0.5) is 5.69 Å². The quantitative estimate of drug-likeness (QED) is 0.748. The molecule has 0 unspecified atom stereocenters. The van der Waals surface area contributed by atoms with Crippen molar-refractivity contribution in [2.45, 2.75) is 12.8 Å². The SMILES string of the molecule is COc1ccc(N2C(=O)C(c3cccs3)=C(N3CCCC3)C2=O)cc1Cl. The molecular weight excluding hydrogens is 372 g/mol. The van der Waals surface area contributed by atoms with Crippen LogP contribution >= 0.6 is 22.9 Å². The minimum absolute atomic E-state index is 0.290. The van der Waals surface area contributed by atoms with Gasteiger partial charge in [-0.1, -0.05) is 17.7 Å². The molecule has 26 heavy (non-hydrogen) atoms. The molecule has 1 aromatic carbocycles. The predicted octanol–water partition coefficient (Wildman–Crippen LogP) is 3.79. The summed E-state index contributed by atoms with van der Waals surface area (Å²) >= 11 is 7.67. The van der Waals surface area contributed by atoms with Crippen molar-refractivity contribution in [1.82, 2.24) is 4.90 Å². The number of carbonyl (C=O) groups excluding carboxylic acids is 2. The first-order valence-electron chi connectivity index (χ1n) is 8.37. The van der Waals surface area contributed by atoms with E-state index in [-0.39, 0.29) is 11.8 Å². The molecule has 0 bridgehead atoms. The van der Waals surface area contributed by atoms with Crippen molar-refractivity contribution in [2.24, 2.45) is 0 Å². The van der Waals surface area contributed by atoms with Crippen LogP contribution in [0.2, 0.25) is 5.02 Å². The van der Waals surface area contributed by atoms with Gasteiger partial charge < -0.3 is 9.64 Å². The van der Waals surface area contributed by atoms with E-state index in [9.17, 15) is 9.59 Å². The van der Waals surface area contributed by atoms with Gasteiger partial charge in [0.1, 0.15) is 11.4 Å². The van der Waals surface area contributed by atoms with Crippen LogP contribution in [0.3, 0.4) is 0 Å². The van der Waals surface area contributed by atoms with E-state index in [0.29, 0.717) is 27.7 Å². The number of benzene rings is 1. The summed E-state index contributed by atoms with van der Waals surface area (Å²) in [5.74, 6) is -0.0946. The zero-order valence-electron chi connectivity index (χ0n) is 14.2. The second-order valence-corrected chi connectivity index (χ2v) is 7.51. The highest BCUT2D eigenvalue weighted by molar-refractivity contribution is 7.11. The topological polar surface area (TPSA) is 49.9 Å². The molecule has 0 spiro atoms. The Balaban J connectivity index is 1.80. The van der Waals surface area contributed by atoms with Gasteiger partial charge in [-0.2, -0.15) is 0 Å². The average Bonchev–Trinajstić information content (AvgIpc) is 3.36. The van der Waals surface area contributed by atoms with Crippen LogP contribution < -0.4 is 9.64 Å². The van der Waals surface area contributed by atoms with Gasteiger partial charge in [0.05, 0.1) is 23.4 Å². The smallest absolute Gasteiger partial charge is 0.282 e. The van der Waals surface area contributed by atoms with Crippen molar-refractivity contribution in [3.05, 3.63) is 51.3 Å². The Morgan fingerprint density at radius 2 is 1.88 bits per heavy atom. The van der Waals surface area contributed by atoms with Crippen LogP contribution in [0.25, 0.3) is 5.57 Å². The Hall–Kier alpha value is -2.31. The molecule has 4 rings (SSSR count). The number of thiophene rings is 1. The monoisotopic (exact) mass is 388 g/mol. The van der Waals surface area contributed by atoms with E-state index in [4.69, 9.17) is 16.3 Å². The highest BCUT2D eigenvalue weighted by atomic mass is 35.5. The average molecular weight is 389 g/mol.